The lowest BCUT2D eigenvalue weighted by Crippen LogP contribution is -2.17. The molecule has 0 aliphatic heterocycles. The SMILES string of the molecule is CCc1cc(Br)ccc1NC(CC)CC. The summed E-state index contributed by atoms with van der Waals surface area (Å²) in [6.45, 7) is 6.65. The second kappa shape index (κ2) is 6.16. The minimum Gasteiger partial charge on any atom is -0.382 e. The van der Waals surface area contributed by atoms with Crippen molar-refractivity contribution in [1.29, 1.82) is 0 Å². The molecule has 0 aliphatic carbocycles. The van der Waals surface area contributed by atoms with Gasteiger partial charge in [0, 0.05) is 16.2 Å². The van der Waals surface area contributed by atoms with Gasteiger partial charge in [0.1, 0.15) is 0 Å². The number of aryl methyl sites for hydroxylation is 1. The third kappa shape index (κ3) is 3.53. The summed E-state index contributed by atoms with van der Waals surface area (Å²) in [6, 6.07) is 7.06. The van der Waals surface area contributed by atoms with Crippen molar-refractivity contribution in [2.75, 3.05) is 5.32 Å². The van der Waals surface area contributed by atoms with E-state index in [-0.39, 0.29) is 0 Å². The first-order valence-electron chi connectivity index (χ1n) is 5.76. The number of nitrogens with one attached hydrogen (secondary N) is 1. The molecule has 0 fully saturated rings. The van der Waals surface area contributed by atoms with Crippen molar-refractivity contribution >= 4 is 21.6 Å². The molecule has 84 valence electrons. The van der Waals surface area contributed by atoms with Gasteiger partial charge in [0.05, 0.1) is 0 Å². The number of halogens is 1. The molecule has 0 aromatic heterocycles. The van der Waals surface area contributed by atoms with Crippen molar-refractivity contribution in [1.82, 2.24) is 0 Å². The highest BCUT2D eigenvalue weighted by Crippen LogP contribution is 2.23. The van der Waals surface area contributed by atoms with Gasteiger partial charge in [-0.15, -0.1) is 0 Å². The first-order valence-corrected chi connectivity index (χ1v) is 6.55. The maximum atomic E-state index is 3.60. The fourth-order valence-electron chi connectivity index (χ4n) is 1.71. The Balaban J connectivity index is 2.83. The van der Waals surface area contributed by atoms with Gasteiger partial charge in [0.25, 0.3) is 0 Å². The molecule has 0 amide bonds. The molecule has 0 heterocycles. The van der Waals surface area contributed by atoms with E-state index in [9.17, 15) is 0 Å². The minimum atomic E-state index is 0.594. The highest BCUT2D eigenvalue weighted by molar-refractivity contribution is 9.10. The van der Waals surface area contributed by atoms with E-state index >= 15 is 0 Å². The monoisotopic (exact) mass is 269 g/mol. The van der Waals surface area contributed by atoms with Crippen molar-refractivity contribution in [3.8, 4) is 0 Å². The van der Waals surface area contributed by atoms with Crippen molar-refractivity contribution in [3.63, 3.8) is 0 Å². The molecule has 0 saturated heterocycles. The zero-order valence-electron chi connectivity index (χ0n) is 9.81. The van der Waals surface area contributed by atoms with E-state index in [0.717, 1.165) is 10.9 Å². The Morgan fingerprint density at radius 2 is 1.87 bits per heavy atom. The van der Waals surface area contributed by atoms with Crippen LogP contribution in [0.1, 0.15) is 39.2 Å². The summed E-state index contributed by atoms with van der Waals surface area (Å²) >= 11 is 3.51. The predicted octanol–water partition coefficient (Wildman–Crippen LogP) is 4.61. The number of anilines is 1. The molecule has 2 heteroatoms. The lowest BCUT2D eigenvalue weighted by Gasteiger charge is -2.18. The van der Waals surface area contributed by atoms with Crippen LogP contribution in [-0.2, 0) is 6.42 Å². The van der Waals surface area contributed by atoms with Gasteiger partial charge >= 0.3 is 0 Å². The molecule has 0 radical (unpaired) electrons. The summed E-state index contributed by atoms with van der Waals surface area (Å²) < 4.78 is 1.16. The Hall–Kier alpha value is -0.500. The van der Waals surface area contributed by atoms with Crippen LogP contribution in [0.15, 0.2) is 22.7 Å². The summed E-state index contributed by atoms with van der Waals surface area (Å²) in [5.41, 5.74) is 2.67. The Kier molecular flexibility index (Phi) is 5.16. The van der Waals surface area contributed by atoms with Gasteiger partial charge in [0.2, 0.25) is 0 Å². The van der Waals surface area contributed by atoms with Crippen LogP contribution >= 0.6 is 15.9 Å². The van der Waals surface area contributed by atoms with Gasteiger partial charge < -0.3 is 5.32 Å². The normalized spacial score (nSPS) is 10.7. The average Bonchev–Trinajstić information content (AvgIpc) is 2.27. The van der Waals surface area contributed by atoms with Crippen LogP contribution in [0, 0.1) is 0 Å². The van der Waals surface area contributed by atoms with Gasteiger partial charge in [-0.3, -0.25) is 0 Å². The van der Waals surface area contributed by atoms with Gasteiger partial charge in [0.15, 0.2) is 0 Å². The highest BCUT2D eigenvalue weighted by Gasteiger charge is 2.06. The Morgan fingerprint density at radius 1 is 1.20 bits per heavy atom. The van der Waals surface area contributed by atoms with Crippen LogP contribution < -0.4 is 5.32 Å². The zero-order chi connectivity index (χ0) is 11.3. The lowest BCUT2D eigenvalue weighted by atomic mass is 10.1. The van der Waals surface area contributed by atoms with Crippen LogP contribution in [0.2, 0.25) is 0 Å². The molecule has 15 heavy (non-hydrogen) atoms. The van der Waals surface area contributed by atoms with Crippen LogP contribution in [0.4, 0.5) is 5.69 Å². The maximum Gasteiger partial charge on any atom is 0.0375 e. The van der Waals surface area contributed by atoms with E-state index in [1.807, 2.05) is 0 Å². The molecule has 0 atom stereocenters. The van der Waals surface area contributed by atoms with Crippen LogP contribution in [-0.4, -0.2) is 6.04 Å². The largest absolute Gasteiger partial charge is 0.382 e. The first-order chi connectivity index (χ1) is 7.21. The zero-order valence-corrected chi connectivity index (χ0v) is 11.4. The average molecular weight is 270 g/mol. The number of rotatable bonds is 5. The molecule has 1 aromatic carbocycles. The van der Waals surface area contributed by atoms with Crippen LogP contribution in [0.25, 0.3) is 0 Å². The molecule has 1 N–H and O–H groups in total. The third-order valence-corrected chi connectivity index (χ3v) is 3.29. The van der Waals surface area contributed by atoms with Crippen molar-refractivity contribution in [3.05, 3.63) is 28.2 Å². The van der Waals surface area contributed by atoms with E-state index in [0.29, 0.717) is 6.04 Å². The van der Waals surface area contributed by atoms with E-state index in [1.54, 1.807) is 0 Å². The smallest absolute Gasteiger partial charge is 0.0375 e. The van der Waals surface area contributed by atoms with Crippen LogP contribution in [0.5, 0.6) is 0 Å². The topological polar surface area (TPSA) is 12.0 Å². The fraction of sp³-hybridized carbons (Fsp3) is 0.538. The summed E-state index contributed by atoms with van der Waals surface area (Å²) in [5, 5.41) is 3.60. The van der Waals surface area contributed by atoms with Crippen LogP contribution in [0.3, 0.4) is 0 Å². The highest BCUT2D eigenvalue weighted by atomic mass is 79.9. The van der Waals surface area contributed by atoms with E-state index in [1.165, 1.54) is 24.1 Å². The quantitative estimate of drug-likeness (QED) is 0.823. The minimum absolute atomic E-state index is 0.594. The Bertz CT molecular complexity index is 305. The standard InChI is InChI=1S/C13H20BrN/c1-4-10-9-11(14)7-8-13(10)15-12(5-2)6-3/h7-9,12,15H,4-6H2,1-3H3. The van der Waals surface area contributed by atoms with Gasteiger partial charge in [-0.25, -0.2) is 0 Å². The molecule has 0 saturated carbocycles. The second-order valence-electron chi connectivity index (χ2n) is 3.81. The predicted molar refractivity (Wildman–Crippen MR) is 71.5 cm³/mol. The van der Waals surface area contributed by atoms with Gasteiger partial charge in [-0.05, 0) is 43.0 Å². The van der Waals surface area contributed by atoms with Gasteiger partial charge in [-0.1, -0.05) is 36.7 Å². The second-order valence-corrected chi connectivity index (χ2v) is 4.73. The lowest BCUT2D eigenvalue weighted by molar-refractivity contribution is 0.670. The molecular formula is C13H20BrN. The molecule has 0 aliphatic rings. The van der Waals surface area contributed by atoms with Crippen molar-refractivity contribution in [2.24, 2.45) is 0 Å². The van der Waals surface area contributed by atoms with E-state index in [4.69, 9.17) is 0 Å². The number of hydrogen-bond donors (Lipinski definition) is 1. The van der Waals surface area contributed by atoms with Gasteiger partial charge in [-0.2, -0.15) is 0 Å². The third-order valence-electron chi connectivity index (χ3n) is 2.79. The molecule has 1 rings (SSSR count). The Labute approximate surface area is 101 Å². The van der Waals surface area contributed by atoms with Crippen molar-refractivity contribution in [2.45, 2.75) is 46.1 Å². The summed E-state index contributed by atoms with van der Waals surface area (Å²) in [5.74, 6) is 0. The molecule has 0 bridgehead atoms. The van der Waals surface area contributed by atoms with E-state index < -0.39 is 0 Å². The summed E-state index contributed by atoms with van der Waals surface area (Å²) in [6.07, 6.45) is 3.42. The van der Waals surface area contributed by atoms with E-state index in [2.05, 4.69) is 60.2 Å². The summed E-state index contributed by atoms with van der Waals surface area (Å²) in [4.78, 5) is 0. The maximum absolute atomic E-state index is 3.60. The van der Waals surface area contributed by atoms with Crippen molar-refractivity contribution < 1.29 is 0 Å². The molecule has 0 unspecified atom stereocenters. The number of benzene rings is 1. The summed E-state index contributed by atoms with van der Waals surface area (Å²) in [7, 11) is 0. The fourth-order valence-corrected chi connectivity index (χ4v) is 2.12. The molecule has 1 aromatic rings. The molecular weight excluding hydrogens is 250 g/mol. The molecule has 0 spiro atoms. The number of hydrogen-bond acceptors (Lipinski definition) is 1. The molecule has 1 nitrogen and oxygen atoms in total. The Morgan fingerprint density at radius 3 is 2.40 bits per heavy atom. The first kappa shape index (κ1) is 12.6.